The quantitative estimate of drug-likeness (QED) is 0.919. The van der Waals surface area contributed by atoms with Crippen LogP contribution < -0.4 is 0 Å². The van der Waals surface area contributed by atoms with Crippen molar-refractivity contribution in [3.05, 3.63) is 36.2 Å². The summed E-state index contributed by atoms with van der Waals surface area (Å²) >= 11 is 0. The molecule has 0 saturated heterocycles. The van der Waals surface area contributed by atoms with Gasteiger partial charge in [-0.1, -0.05) is 48.3 Å². The summed E-state index contributed by atoms with van der Waals surface area (Å²) in [4.78, 5) is 4.42. The summed E-state index contributed by atoms with van der Waals surface area (Å²) in [5.74, 6) is 1.52. The Hall–Kier alpha value is -1.68. The zero-order valence-corrected chi connectivity index (χ0v) is 10.8. The summed E-state index contributed by atoms with van der Waals surface area (Å²) in [5, 5.41) is 14.0. The average molecular weight is 258 g/mol. The first-order valence-corrected chi connectivity index (χ1v) is 6.89. The third-order valence-corrected chi connectivity index (χ3v) is 3.81. The highest BCUT2D eigenvalue weighted by atomic mass is 16.5. The normalized spacial score (nSPS) is 23.4. The fourth-order valence-corrected chi connectivity index (χ4v) is 2.69. The van der Waals surface area contributed by atoms with Crippen molar-refractivity contribution in [2.75, 3.05) is 0 Å². The van der Waals surface area contributed by atoms with Gasteiger partial charge in [0.05, 0.1) is 6.10 Å². The van der Waals surface area contributed by atoms with Gasteiger partial charge in [-0.05, 0) is 18.8 Å². The van der Waals surface area contributed by atoms with Gasteiger partial charge in [-0.3, -0.25) is 0 Å². The van der Waals surface area contributed by atoms with Crippen molar-refractivity contribution < 1.29 is 9.63 Å². The summed E-state index contributed by atoms with van der Waals surface area (Å²) in [6.07, 6.45) is 4.70. The Kier molecular flexibility index (Phi) is 3.60. The number of benzene rings is 1. The highest BCUT2D eigenvalue weighted by molar-refractivity contribution is 5.53. The molecule has 1 aromatic heterocycles. The number of rotatable bonds is 3. The van der Waals surface area contributed by atoms with Crippen LogP contribution in [0, 0.1) is 5.92 Å². The molecule has 0 bridgehead atoms. The van der Waals surface area contributed by atoms with E-state index in [0.29, 0.717) is 18.1 Å². The van der Waals surface area contributed by atoms with Gasteiger partial charge in [0.1, 0.15) is 0 Å². The van der Waals surface area contributed by atoms with E-state index in [9.17, 15) is 5.11 Å². The summed E-state index contributed by atoms with van der Waals surface area (Å²) in [7, 11) is 0. The molecule has 2 unspecified atom stereocenters. The molecular weight excluding hydrogens is 240 g/mol. The van der Waals surface area contributed by atoms with Gasteiger partial charge in [0.2, 0.25) is 11.7 Å². The molecule has 1 heterocycles. The zero-order valence-electron chi connectivity index (χ0n) is 10.8. The lowest BCUT2D eigenvalue weighted by Crippen LogP contribution is -2.26. The van der Waals surface area contributed by atoms with Crippen LogP contribution in [0.1, 0.15) is 31.6 Å². The largest absolute Gasteiger partial charge is 0.393 e. The molecule has 1 aliphatic rings. The van der Waals surface area contributed by atoms with E-state index in [1.54, 1.807) is 0 Å². The van der Waals surface area contributed by atoms with Gasteiger partial charge in [-0.25, -0.2) is 0 Å². The molecule has 3 rings (SSSR count). The second kappa shape index (κ2) is 5.53. The van der Waals surface area contributed by atoms with E-state index >= 15 is 0 Å². The molecule has 4 heteroatoms. The minimum absolute atomic E-state index is 0.221. The van der Waals surface area contributed by atoms with E-state index in [4.69, 9.17) is 4.52 Å². The van der Waals surface area contributed by atoms with Crippen LogP contribution >= 0.6 is 0 Å². The molecule has 0 radical (unpaired) electrons. The summed E-state index contributed by atoms with van der Waals surface area (Å²) in [6, 6.07) is 9.80. The fourth-order valence-electron chi connectivity index (χ4n) is 2.69. The summed E-state index contributed by atoms with van der Waals surface area (Å²) < 4.78 is 5.30. The standard InChI is InChI=1S/C15H18N2O2/c18-13-9-5-4-8-12(13)10-14-16-15(17-19-14)11-6-2-1-3-7-11/h1-3,6-7,12-13,18H,4-5,8-10H2. The van der Waals surface area contributed by atoms with Crippen molar-refractivity contribution in [1.82, 2.24) is 10.1 Å². The van der Waals surface area contributed by atoms with Crippen molar-refractivity contribution in [1.29, 1.82) is 0 Å². The van der Waals surface area contributed by atoms with Crippen LogP contribution in [0.15, 0.2) is 34.9 Å². The maximum Gasteiger partial charge on any atom is 0.227 e. The van der Waals surface area contributed by atoms with Gasteiger partial charge in [-0.2, -0.15) is 4.98 Å². The SMILES string of the molecule is OC1CCCCC1Cc1nc(-c2ccccc2)no1. The molecule has 19 heavy (non-hydrogen) atoms. The molecule has 0 aliphatic heterocycles. The first-order chi connectivity index (χ1) is 9.33. The number of hydrogen-bond acceptors (Lipinski definition) is 4. The van der Waals surface area contributed by atoms with Crippen LogP contribution in [0.2, 0.25) is 0 Å². The van der Waals surface area contributed by atoms with Crippen LogP contribution in [0.5, 0.6) is 0 Å². The van der Waals surface area contributed by atoms with Crippen molar-refractivity contribution in [3.8, 4) is 11.4 Å². The second-order valence-electron chi connectivity index (χ2n) is 5.19. The van der Waals surface area contributed by atoms with Crippen LogP contribution in [-0.4, -0.2) is 21.4 Å². The number of aliphatic hydroxyl groups excluding tert-OH is 1. The number of hydrogen-bond donors (Lipinski definition) is 1. The van der Waals surface area contributed by atoms with E-state index in [2.05, 4.69) is 10.1 Å². The monoisotopic (exact) mass is 258 g/mol. The van der Waals surface area contributed by atoms with Gasteiger partial charge < -0.3 is 9.63 Å². The van der Waals surface area contributed by atoms with E-state index < -0.39 is 0 Å². The second-order valence-corrected chi connectivity index (χ2v) is 5.19. The first kappa shape index (κ1) is 12.4. The molecule has 100 valence electrons. The van der Waals surface area contributed by atoms with Crippen LogP contribution in [0.25, 0.3) is 11.4 Å². The van der Waals surface area contributed by atoms with Crippen molar-refractivity contribution >= 4 is 0 Å². The first-order valence-electron chi connectivity index (χ1n) is 6.89. The van der Waals surface area contributed by atoms with Crippen molar-refractivity contribution in [3.63, 3.8) is 0 Å². The van der Waals surface area contributed by atoms with Gasteiger partial charge in [-0.15, -0.1) is 0 Å². The van der Waals surface area contributed by atoms with Crippen LogP contribution in [0.3, 0.4) is 0 Å². The van der Waals surface area contributed by atoms with Gasteiger partial charge >= 0.3 is 0 Å². The highest BCUT2D eigenvalue weighted by Gasteiger charge is 2.25. The van der Waals surface area contributed by atoms with Crippen molar-refractivity contribution in [2.24, 2.45) is 5.92 Å². The third-order valence-electron chi connectivity index (χ3n) is 3.81. The molecule has 0 spiro atoms. The molecule has 1 fully saturated rings. The predicted octanol–water partition coefficient (Wildman–Crippen LogP) is 2.83. The fraction of sp³-hybridized carbons (Fsp3) is 0.467. The predicted molar refractivity (Wildman–Crippen MR) is 71.4 cm³/mol. The van der Waals surface area contributed by atoms with E-state index in [1.807, 2.05) is 30.3 Å². The Bertz CT molecular complexity index is 524. The highest BCUT2D eigenvalue weighted by Crippen LogP contribution is 2.27. The number of nitrogens with zero attached hydrogens (tertiary/aromatic N) is 2. The van der Waals surface area contributed by atoms with Gasteiger partial charge in [0.15, 0.2) is 0 Å². The topological polar surface area (TPSA) is 59.2 Å². The minimum atomic E-state index is -0.221. The summed E-state index contributed by atoms with van der Waals surface area (Å²) in [5.41, 5.74) is 0.960. The molecule has 1 N–H and O–H groups in total. The average Bonchev–Trinajstić information content (AvgIpc) is 2.91. The zero-order chi connectivity index (χ0) is 13.1. The lowest BCUT2D eigenvalue weighted by Gasteiger charge is -2.26. The minimum Gasteiger partial charge on any atom is -0.393 e. The summed E-state index contributed by atoms with van der Waals surface area (Å²) in [6.45, 7) is 0. The Morgan fingerprint density at radius 2 is 1.95 bits per heavy atom. The molecule has 2 aromatic rings. The van der Waals surface area contributed by atoms with Gasteiger partial charge in [0.25, 0.3) is 0 Å². The van der Waals surface area contributed by atoms with Crippen molar-refractivity contribution in [2.45, 2.75) is 38.2 Å². The van der Waals surface area contributed by atoms with Gasteiger partial charge in [0, 0.05) is 12.0 Å². The Balaban J connectivity index is 1.71. The van der Waals surface area contributed by atoms with E-state index in [0.717, 1.165) is 24.8 Å². The molecule has 2 atom stereocenters. The Morgan fingerprint density at radius 3 is 2.74 bits per heavy atom. The number of aliphatic hydroxyl groups is 1. The molecule has 1 aromatic carbocycles. The lowest BCUT2D eigenvalue weighted by molar-refractivity contribution is 0.0657. The third kappa shape index (κ3) is 2.84. The van der Waals surface area contributed by atoms with E-state index in [-0.39, 0.29) is 12.0 Å². The molecule has 1 aliphatic carbocycles. The maximum atomic E-state index is 9.96. The lowest BCUT2D eigenvalue weighted by atomic mass is 9.84. The molecule has 0 amide bonds. The number of aromatic nitrogens is 2. The maximum absolute atomic E-state index is 9.96. The Morgan fingerprint density at radius 1 is 1.16 bits per heavy atom. The molecule has 4 nitrogen and oxygen atoms in total. The molecule has 1 saturated carbocycles. The smallest absolute Gasteiger partial charge is 0.227 e. The van der Waals surface area contributed by atoms with Crippen LogP contribution in [0.4, 0.5) is 0 Å². The molecular formula is C15H18N2O2. The Labute approximate surface area is 112 Å². The van der Waals surface area contributed by atoms with E-state index in [1.165, 1.54) is 6.42 Å². The van der Waals surface area contributed by atoms with Crippen LogP contribution in [-0.2, 0) is 6.42 Å².